The van der Waals surface area contributed by atoms with Crippen molar-refractivity contribution in [1.82, 2.24) is 10.2 Å². The molecular weight excluding hydrogens is 242 g/mol. The van der Waals surface area contributed by atoms with Crippen molar-refractivity contribution >= 4 is 5.69 Å². The summed E-state index contributed by atoms with van der Waals surface area (Å²) in [6, 6.07) is 5.97. The molecule has 0 saturated heterocycles. The predicted octanol–water partition coefficient (Wildman–Crippen LogP) is 3.26. The van der Waals surface area contributed by atoms with Crippen molar-refractivity contribution < 1.29 is 9.15 Å². The second-order valence-electron chi connectivity index (χ2n) is 4.44. The van der Waals surface area contributed by atoms with E-state index in [4.69, 9.17) is 9.15 Å². The molecule has 0 radical (unpaired) electrons. The smallest absolute Gasteiger partial charge is 0.238 e. The van der Waals surface area contributed by atoms with Crippen molar-refractivity contribution in [3.63, 3.8) is 0 Å². The molecule has 0 amide bonds. The van der Waals surface area contributed by atoms with E-state index in [1.165, 1.54) is 0 Å². The van der Waals surface area contributed by atoms with Crippen LogP contribution in [0.5, 0.6) is 5.75 Å². The molecule has 1 aromatic heterocycles. The van der Waals surface area contributed by atoms with Crippen LogP contribution in [-0.4, -0.2) is 16.8 Å². The number of anilines is 1. The van der Waals surface area contributed by atoms with E-state index in [-0.39, 0.29) is 6.04 Å². The third-order valence-electron chi connectivity index (χ3n) is 2.77. The molecule has 5 heteroatoms. The standard InChI is InChI=1S/C14H19N3O2/c1-5-18-13-7-6-12(8-9(13)2)15-10(3)14-17-16-11(4)19-14/h6-8,10,15H,5H2,1-4H3/t10-/m1/s1. The summed E-state index contributed by atoms with van der Waals surface area (Å²) in [5, 5.41) is 11.2. The topological polar surface area (TPSA) is 60.2 Å². The van der Waals surface area contributed by atoms with E-state index < -0.39 is 0 Å². The van der Waals surface area contributed by atoms with Gasteiger partial charge >= 0.3 is 0 Å². The van der Waals surface area contributed by atoms with Crippen LogP contribution in [0.3, 0.4) is 0 Å². The van der Waals surface area contributed by atoms with Crippen LogP contribution in [0.2, 0.25) is 0 Å². The van der Waals surface area contributed by atoms with Gasteiger partial charge in [-0.05, 0) is 44.5 Å². The molecule has 2 aromatic rings. The lowest BCUT2D eigenvalue weighted by Crippen LogP contribution is -2.07. The minimum atomic E-state index is -0.0291. The molecule has 1 N–H and O–H groups in total. The average Bonchev–Trinajstić information content (AvgIpc) is 2.80. The zero-order chi connectivity index (χ0) is 13.8. The average molecular weight is 261 g/mol. The summed E-state index contributed by atoms with van der Waals surface area (Å²) in [6.07, 6.45) is 0. The number of aryl methyl sites for hydroxylation is 2. The molecule has 1 atom stereocenters. The normalized spacial score (nSPS) is 12.2. The first-order valence-corrected chi connectivity index (χ1v) is 6.40. The van der Waals surface area contributed by atoms with Crippen LogP contribution >= 0.6 is 0 Å². The van der Waals surface area contributed by atoms with Gasteiger partial charge in [0.05, 0.1) is 6.61 Å². The van der Waals surface area contributed by atoms with E-state index in [2.05, 4.69) is 15.5 Å². The number of ether oxygens (including phenoxy) is 1. The Hall–Kier alpha value is -2.04. The second-order valence-corrected chi connectivity index (χ2v) is 4.44. The first-order valence-electron chi connectivity index (χ1n) is 6.40. The maximum Gasteiger partial charge on any atom is 0.238 e. The van der Waals surface area contributed by atoms with Crippen LogP contribution in [-0.2, 0) is 0 Å². The number of nitrogens with zero attached hydrogens (tertiary/aromatic N) is 2. The third kappa shape index (κ3) is 3.24. The molecule has 1 aromatic carbocycles. The van der Waals surface area contributed by atoms with Gasteiger partial charge in [0.2, 0.25) is 11.8 Å². The van der Waals surface area contributed by atoms with E-state index >= 15 is 0 Å². The summed E-state index contributed by atoms with van der Waals surface area (Å²) in [5.41, 5.74) is 2.10. The number of aromatic nitrogens is 2. The molecule has 19 heavy (non-hydrogen) atoms. The molecule has 0 aliphatic carbocycles. The SMILES string of the molecule is CCOc1ccc(N[C@H](C)c2nnc(C)o2)cc1C. The van der Waals surface area contributed by atoms with Gasteiger partial charge in [-0.3, -0.25) is 0 Å². The summed E-state index contributed by atoms with van der Waals surface area (Å²) < 4.78 is 10.9. The Balaban J connectivity index is 2.09. The van der Waals surface area contributed by atoms with Crippen molar-refractivity contribution in [2.45, 2.75) is 33.7 Å². The summed E-state index contributed by atoms with van der Waals surface area (Å²) in [5.74, 6) is 2.07. The van der Waals surface area contributed by atoms with Gasteiger partial charge in [-0.25, -0.2) is 0 Å². The van der Waals surface area contributed by atoms with Crippen LogP contribution in [0.15, 0.2) is 22.6 Å². The van der Waals surface area contributed by atoms with E-state index in [1.807, 2.05) is 39.0 Å². The Morgan fingerprint density at radius 1 is 1.32 bits per heavy atom. The molecule has 0 aliphatic heterocycles. The predicted molar refractivity (Wildman–Crippen MR) is 73.4 cm³/mol. The quantitative estimate of drug-likeness (QED) is 0.895. The zero-order valence-corrected chi connectivity index (χ0v) is 11.7. The first kappa shape index (κ1) is 13.4. The highest BCUT2D eigenvalue weighted by Crippen LogP contribution is 2.24. The molecule has 0 bridgehead atoms. The van der Waals surface area contributed by atoms with Gasteiger partial charge in [0.25, 0.3) is 0 Å². The Labute approximate surface area is 113 Å². The van der Waals surface area contributed by atoms with E-state index in [1.54, 1.807) is 6.92 Å². The minimum Gasteiger partial charge on any atom is -0.494 e. The lowest BCUT2D eigenvalue weighted by Gasteiger charge is -2.14. The lowest BCUT2D eigenvalue weighted by atomic mass is 10.2. The van der Waals surface area contributed by atoms with Gasteiger partial charge < -0.3 is 14.5 Å². The summed E-state index contributed by atoms with van der Waals surface area (Å²) in [4.78, 5) is 0. The Morgan fingerprint density at radius 3 is 2.68 bits per heavy atom. The highest BCUT2D eigenvalue weighted by atomic mass is 16.5. The number of benzene rings is 1. The largest absolute Gasteiger partial charge is 0.494 e. The van der Waals surface area contributed by atoms with Crippen LogP contribution in [0.4, 0.5) is 5.69 Å². The van der Waals surface area contributed by atoms with Crippen molar-refractivity contribution in [1.29, 1.82) is 0 Å². The van der Waals surface area contributed by atoms with Gasteiger partial charge in [-0.1, -0.05) is 0 Å². The van der Waals surface area contributed by atoms with Crippen molar-refractivity contribution in [2.24, 2.45) is 0 Å². The van der Waals surface area contributed by atoms with Crippen molar-refractivity contribution in [3.8, 4) is 5.75 Å². The Kier molecular flexibility index (Phi) is 4.04. The third-order valence-corrected chi connectivity index (χ3v) is 2.77. The van der Waals surface area contributed by atoms with Crippen LogP contribution < -0.4 is 10.1 Å². The summed E-state index contributed by atoms with van der Waals surface area (Å²) in [6.45, 7) is 8.44. The lowest BCUT2D eigenvalue weighted by molar-refractivity contribution is 0.338. The van der Waals surface area contributed by atoms with Crippen molar-refractivity contribution in [2.75, 3.05) is 11.9 Å². The van der Waals surface area contributed by atoms with Gasteiger partial charge in [-0.2, -0.15) is 0 Å². The van der Waals surface area contributed by atoms with E-state index in [0.29, 0.717) is 18.4 Å². The summed E-state index contributed by atoms with van der Waals surface area (Å²) in [7, 11) is 0. The number of nitrogens with one attached hydrogen (secondary N) is 1. The molecule has 0 unspecified atom stereocenters. The molecular formula is C14H19N3O2. The fourth-order valence-corrected chi connectivity index (χ4v) is 1.86. The maximum atomic E-state index is 5.52. The first-order chi connectivity index (χ1) is 9.10. The monoisotopic (exact) mass is 261 g/mol. The van der Waals surface area contributed by atoms with Crippen LogP contribution in [0.1, 0.15) is 37.2 Å². The number of rotatable bonds is 5. The molecule has 0 aliphatic rings. The van der Waals surface area contributed by atoms with Crippen LogP contribution in [0, 0.1) is 13.8 Å². The minimum absolute atomic E-state index is 0.0291. The van der Waals surface area contributed by atoms with Gasteiger partial charge in [-0.15, -0.1) is 10.2 Å². The molecule has 0 spiro atoms. The Bertz CT molecular complexity index is 551. The highest BCUT2D eigenvalue weighted by molar-refractivity contribution is 5.51. The molecule has 0 fully saturated rings. The zero-order valence-electron chi connectivity index (χ0n) is 11.7. The fourth-order valence-electron chi connectivity index (χ4n) is 1.86. The number of hydrogen-bond donors (Lipinski definition) is 1. The van der Waals surface area contributed by atoms with Crippen molar-refractivity contribution in [3.05, 3.63) is 35.5 Å². The molecule has 102 valence electrons. The van der Waals surface area contributed by atoms with E-state index in [9.17, 15) is 0 Å². The maximum absolute atomic E-state index is 5.52. The van der Waals surface area contributed by atoms with E-state index in [0.717, 1.165) is 17.0 Å². The molecule has 0 saturated carbocycles. The summed E-state index contributed by atoms with van der Waals surface area (Å²) >= 11 is 0. The van der Waals surface area contributed by atoms with Gasteiger partial charge in [0.15, 0.2) is 0 Å². The van der Waals surface area contributed by atoms with Gasteiger partial charge in [0, 0.05) is 12.6 Å². The Morgan fingerprint density at radius 2 is 2.11 bits per heavy atom. The number of hydrogen-bond acceptors (Lipinski definition) is 5. The van der Waals surface area contributed by atoms with Gasteiger partial charge in [0.1, 0.15) is 11.8 Å². The molecule has 1 heterocycles. The van der Waals surface area contributed by atoms with Crippen LogP contribution in [0.25, 0.3) is 0 Å². The highest BCUT2D eigenvalue weighted by Gasteiger charge is 2.12. The molecule has 2 rings (SSSR count). The second kappa shape index (κ2) is 5.73. The molecule has 5 nitrogen and oxygen atoms in total. The fraction of sp³-hybridized carbons (Fsp3) is 0.429.